The fourth-order valence-electron chi connectivity index (χ4n) is 3.73. The molecular weight excluding hydrogens is 390 g/mol. The van der Waals surface area contributed by atoms with Crippen molar-refractivity contribution in [1.82, 2.24) is 4.90 Å². The average Bonchev–Trinajstić information content (AvgIpc) is 3.25. The summed E-state index contributed by atoms with van der Waals surface area (Å²) in [5.74, 6) is 0.895. The Kier molecular flexibility index (Phi) is 7.93. The van der Waals surface area contributed by atoms with Crippen LogP contribution in [0, 0.1) is 0 Å². The molecule has 0 spiro atoms. The van der Waals surface area contributed by atoms with E-state index in [4.69, 9.17) is 4.74 Å². The first kappa shape index (κ1) is 22.7. The van der Waals surface area contributed by atoms with E-state index < -0.39 is 0 Å². The molecule has 6 heteroatoms. The summed E-state index contributed by atoms with van der Waals surface area (Å²) in [6, 6.07) is 15.9. The quantitative estimate of drug-likeness (QED) is 0.617. The summed E-state index contributed by atoms with van der Waals surface area (Å²) in [6.45, 7) is 6.22. The zero-order valence-electron chi connectivity index (χ0n) is 18.8. The molecule has 1 aliphatic heterocycles. The van der Waals surface area contributed by atoms with Gasteiger partial charge in [-0.3, -0.25) is 9.59 Å². The fourth-order valence-corrected chi connectivity index (χ4v) is 3.73. The van der Waals surface area contributed by atoms with Crippen molar-refractivity contribution < 1.29 is 14.3 Å². The molecule has 1 aliphatic rings. The fraction of sp³-hybridized carbons (Fsp3) is 0.440. The Bertz CT molecular complexity index is 865. The molecule has 2 amide bonds. The molecule has 0 radical (unpaired) electrons. The SMILES string of the molecule is CCCCOc1ccc(CC(=O)Nc2ccc(N3CC[C@@H](N(C)C(C)=O)C3)cc2)cc1. The second kappa shape index (κ2) is 10.8. The number of nitrogens with one attached hydrogen (secondary N) is 1. The lowest BCUT2D eigenvalue weighted by Gasteiger charge is -2.24. The highest BCUT2D eigenvalue weighted by Crippen LogP contribution is 2.24. The van der Waals surface area contributed by atoms with E-state index in [2.05, 4.69) is 17.1 Å². The molecule has 0 saturated carbocycles. The second-order valence-electron chi connectivity index (χ2n) is 8.14. The highest BCUT2D eigenvalue weighted by Gasteiger charge is 2.27. The Morgan fingerprint density at radius 1 is 1.13 bits per heavy atom. The topological polar surface area (TPSA) is 61.9 Å². The summed E-state index contributed by atoms with van der Waals surface area (Å²) in [6.07, 6.45) is 3.44. The monoisotopic (exact) mass is 423 g/mol. The van der Waals surface area contributed by atoms with Crippen LogP contribution in [0.4, 0.5) is 11.4 Å². The average molecular weight is 424 g/mol. The molecule has 0 aromatic heterocycles. The molecule has 1 atom stereocenters. The van der Waals surface area contributed by atoms with E-state index in [1.165, 1.54) is 0 Å². The third-order valence-corrected chi connectivity index (χ3v) is 5.78. The van der Waals surface area contributed by atoms with Crippen molar-refractivity contribution in [1.29, 1.82) is 0 Å². The Labute approximate surface area is 185 Å². The van der Waals surface area contributed by atoms with Crippen LogP contribution in [0.25, 0.3) is 0 Å². The van der Waals surface area contributed by atoms with Gasteiger partial charge < -0.3 is 19.9 Å². The van der Waals surface area contributed by atoms with Gasteiger partial charge in [0.25, 0.3) is 0 Å². The Morgan fingerprint density at radius 3 is 2.48 bits per heavy atom. The lowest BCUT2D eigenvalue weighted by atomic mass is 10.1. The first-order valence-corrected chi connectivity index (χ1v) is 11.1. The van der Waals surface area contributed by atoms with Crippen LogP contribution in [0.5, 0.6) is 5.75 Å². The lowest BCUT2D eigenvalue weighted by Crippen LogP contribution is -2.37. The maximum atomic E-state index is 12.4. The maximum absolute atomic E-state index is 12.4. The van der Waals surface area contributed by atoms with Crippen LogP contribution in [-0.2, 0) is 16.0 Å². The smallest absolute Gasteiger partial charge is 0.228 e. The van der Waals surface area contributed by atoms with Crippen LogP contribution in [0.3, 0.4) is 0 Å². The Hall–Kier alpha value is -3.02. The molecule has 0 aliphatic carbocycles. The number of carbonyl (C=O) groups is 2. The van der Waals surface area contributed by atoms with Gasteiger partial charge in [0.05, 0.1) is 19.1 Å². The van der Waals surface area contributed by atoms with Crippen LogP contribution >= 0.6 is 0 Å². The molecule has 3 rings (SSSR count). The molecule has 1 heterocycles. The van der Waals surface area contributed by atoms with E-state index in [1.807, 2.05) is 60.5 Å². The van der Waals surface area contributed by atoms with Gasteiger partial charge in [0.2, 0.25) is 11.8 Å². The summed E-state index contributed by atoms with van der Waals surface area (Å²) in [5, 5.41) is 2.97. The van der Waals surface area contributed by atoms with Crippen molar-refractivity contribution in [2.24, 2.45) is 0 Å². The number of hydrogen-bond donors (Lipinski definition) is 1. The van der Waals surface area contributed by atoms with Gasteiger partial charge in [-0.1, -0.05) is 25.5 Å². The minimum Gasteiger partial charge on any atom is -0.494 e. The molecule has 31 heavy (non-hydrogen) atoms. The van der Waals surface area contributed by atoms with Crippen LogP contribution in [-0.4, -0.2) is 49.5 Å². The van der Waals surface area contributed by atoms with Crippen molar-refractivity contribution in [3.63, 3.8) is 0 Å². The molecule has 166 valence electrons. The number of anilines is 2. The molecular formula is C25H33N3O3. The third-order valence-electron chi connectivity index (χ3n) is 5.78. The summed E-state index contributed by atoms with van der Waals surface area (Å²) < 4.78 is 5.66. The highest BCUT2D eigenvalue weighted by molar-refractivity contribution is 5.92. The standard InChI is InChI=1S/C25H33N3O3/c1-4-5-16-31-24-12-6-20(7-13-24)17-25(30)26-21-8-10-22(11-9-21)28-15-14-23(18-28)27(3)19(2)29/h6-13,23H,4-5,14-18H2,1-3H3,(H,26,30)/t23-/m1/s1. The van der Waals surface area contributed by atoms with E-state index in [0.29, 0.717) is 6.42 Å². The van der Waals surface area contributed by atoms with Gasteiger partial charge in [-0.2, -0.15) is 0 Å². The van der Waals surface area contributed by atoms with E-state index >= 15 is 0 Å². The zero-order valence-corrected chi connectivity index (χ0v) is 18.8. The highest BCUT2D eigenvalue weighted by atomic mass is 16.5. The minimum absolute atomic E-state index is 0.0447. The van der Waals surface area contributed by atoms with Crippen molar-refractivity contribution >= 4 is 23.2 Å². The number of nitrogens with zero attached hydrogens (tertiary/aromatic N) is 2. The minimum atomic E-state index is -0.0447. The van der Waals surface area contributed by atoms with Gasteiger partial charge in [0, 0.05) is 38.4 Å². The van der Waals surface area contributed by atoms with Gasteiger partial charge >= 0.3 is 0 Å². The number of hydrogen-bond acceptors (Lipinski definition) is 4. The number of rotatable bonds is 9. The molecule has 1 N–H and O–H groups in total. The zero-order chi connectivity index (χ0) is 22.2. The Balaban J connectivity index is 1.48. The number of ether oxygens (including phenoxy) is 1. The van der Waals surface area contributed by atoms with Crippen LogP contribution < -0.4 is 15.0 Å². The van der Waals surface area contributed by atoms with E-state index in [9.17, 15) is 9.59 Å². The van der Waals surface area contributed by atoms with E-state index in [0.717, 1.165) is 61.6 Å². The second-order valence-corrected chi connectivity index (χ2v) is 8.14. The lowest BCUT2D eigenvalue weighted by molar-refractivity contribution is -0.129. The van der Waals surface area contributed by atoms with Gasteiger partial charge in [-0.15, -0.1) is 0 Å². The number of unbranched alkanes of at least 4 members (excludes halogenated alkanes) is 1. The number of benzene rings is 2. The number of amides is 2. The number of likely N-dealkylation sites (N-methyl/N-ethyl adjacent to an activating group) is 1. The molecule has 2 aromatic carbocycles. The van der Waals surface area contributed by atoms with Gasteiger partial charge in [0.1, 0.15) is 5.75 Å². The van der Waals surface area contributed by atoms with Crippen LogP contribution in [0.2, 0.25) is 0 Å². The van der Waals surface area contributed by atoms with Gasteiger partial charge in [-0.25, -0.2) is 0 Å². The third kappa shape index (κ3) is 6.48. The summed E-state index contributed by atoms with van der Waals surface area (Å²) >= 11 is 0. The molecule has 6 nitrogen and oxygen atoms in total. The van der Waals surface area contributed by atoms with Crippen molar-refractivity contribution in [3.05, 3.63) is 54.1 Å². The van der Waals surface area contributed by atoms with Crippen LogP contribution in [0.15, 0.2) is 48.5 Å². The summed E-state index contributed by atoms with van der Waals surface area (Å²) in [7, 11) is 1.86. The first-order valence-electron chi connectivity index (χ1n) is 11.1. The summed E-state index contributed by atoms with van der Waals surface area (Å²) in [5.41, 5.74) is 2.84. The summed E-state index contributed by atoms with van der Waals surface area (Å²) in [4.78, 5) is 28.1. The van der Waals surface area contributed by atoms with Crippen molar-refractivity contribution in [2.45, 2.75) is 45.6 Å². The van der Waals surface area contributed by atoms with Crippen molar-refractivity contribution in [2.75, 3.05) is 37.0 Å². The molecule has 2 aromatic rings. The molecule has 0 bridgehead atoms. The predicted octanol–water partition coefficient (Wildman–Crippen LogP) is 4.10. The maximum Gasteiger partial charge on any atom is 0.228 e. The van der Waals surface area contributed by atoms with E-state index in [1.54, 1.807) is 6.92 Å². The molecule has 1 fully saturated rings. The van der Waals surface area contributed by atoms with Crippen molar-refractivity contribution in [3.8, 4) is 5.75 Å². The normalized spacial score (nSPS) is 15.6. The molecule has 0 unspecified atom stereocenters. The largest absolute Gasteiger partial charge is 0.494 e. The van der Waals surface area contributed by atoms with Crippen LogP contribution in [0.1, 0.15) is 38.7 Å². The predicted molar refractivity (Wildman–Crippen MR) is 125 cm³/mol. The van der Waals surface area contributed by atoms with Gasteiger partial charge in [-0.05, 0) is 54.8 Å². The number of carbonyl (C=O) groups excluding carboxylic acids is 2. The first-order chi connectivity index (χ1) is 15.0. The Morgan fingerprint density at radius 2 is 1.84 bits per heavy atom. The van der Waals surface area contributed by atoms with E-state index in [-0.39, 0.29) is 17.9 Å². The molecule has 1 saturated heterocycles. The van der Waals surface area contributed by atoms with Gasteiger partial charge in [0.15, 0.2) is 0 Å².